The van der Waals surface area contributed by atoms with Crippen LogP contribution in [0.25, 0.3) is 0 Å². The monoisotopic (exact) mass is 253 g/mol. The number of ether oxygens (including phenoxy) is 1. The second-order valence-corrected chi connectivity index (χ2v) is 4.93. The van der Waals surface area contributed by atoms with E-state index >= 15 is 0 Å². The van der Waals surface area contributed by atoms with Crippen LogP contribution in [-0.4, -0.2) is 34.8 Å². The summed E-state index contributed by atoms with van der Waals surface area (Å²) in [7, 11) is 4.05. The summed E-state index contributed by atoms with van der Waals surface area (Å²) >= 11 is 0. The molecule has 4 heteroatoms. The standard InChI is InChI=1S/C14H27N3O/c1-6-14(3,18-7-2)12(15-4)8-9-13-16-10-11-17(13)5/h10-12,15H,6-9H2,1-5H3. The van der Waals surface area contributed by atoms with Gasteiger partial charge in [-0.15, -0.1) is 0 Å². The summed E-state index contributed by atoms with van der Waals surface area (Å²) in [6, 6.07) is 0.346. The van der Waals surface area contributed by atoms with Crippen LogP contribution in [0.2, 0.25) is 0 Å². The minimum absolute atomic E-state index is 0.103. The molecule has 1 heterocycles. The van der Waals surface area contributed by atoms with Crippen LogP contribution >= 0.6 is 0 Å². The molecule has 2 atom stereocenters. The first-order valence-electron chi connectivity index (χ1n) is 6.84. The van der Waals surface area contributed by atoms with Gasteiger partial charge in [0.05, 0.1) is 5.60 Å². The van der Waals surface area contributed by atoms with E-state index in [1.807, 2.05) is 26.5 Å². The van der Waals surface area contributed by atoms with Crippen LogP contribution in [0, 0.1) is 0 Å². The molecule has 0 radical (unpaired) electrons. The number of aryl methyl sites for hydroxylation is 2. The van der Waals surface area contributed by atoms with Gasteiger partial charge in [0.15, 0.2) is 0 Å². The molecular formula is C14H27N3O. The summed E-state index contributed by atoms with van der Waals surface area (Å²) < 4.78 is 8.02. The molecule has 0 aliphatic rings. The Morgan fingerprint density at radius 1 is 1.50 bits per heavy atom. The molecule has 18 heavy (non-hydrogen) atoms. The lowest BCUT2D eigenvalue weighted by Crippen LogP contribution is -2.49. The Bertz CT molecular complexity index is 351. The third-order valence-electron chi connectivity index (χ3n) is 3.84. The first-order chi connectivity index (χ1) is 8.57. The zero-order chi connectivity index (χ0) is 13.6. The number of hydrogen-bond donors (Lipinski definition) is 1. The summed E-state index contributed by atoms with van der Waals surface area (Å²) in [4.78, 5) is 4.37. The fourth-order valence-corrected chi connectivity index (χ4v) is 2.44. The highest BCUT2D eigenvalue weighted by Gasteiger charge is 2.31. The molecule has 4 nitrogen and oxygen atoms in total. The predicted molar refractivity (Wildman–Crippen MR) is 74.7 cm³/mol. The quantitative estimate of drug-likeness (QED) is 0.771. The average molecular weight is 253 g/mol. The van der Waals surface area contributed by atoms with Gasteiger partial charge in [0.2, 0.25) is 0 Å². The molecule has 0 bridgehead atoms. The van der Waals surface area contributed by atoms with Crippen molar-refractivity contribution in [3.8, 4) is 0 Å². The van der Waals surface area contributed by atoms with Crippen LogP contribution in [0.3, 0.4) is 0 Å². The average Bonchev–Trinajstić information content (AvgIpc) is 2.76. The van der Waals surface area contributed by atoms with Crippen molar-refractivity contribution in [3.63, 3.8) is 0 Å². The van der Waals surface area contributed by atoms with E-state index in [0.29, 0.717) is 6.04 Å². The van der Waals surface area contributed by atoms with Gasteiger partial charge in [-0.25, -0.2) is 4.98 Å². The Balaban J connectivity index is 2.63. The van der Waals surface area contributed by atoms with Gasteiger partial charge in [-0.3, -0.25) is 0 Å². The second-order valence-electron chi connectivity index (χ2n) is 4.93. The molecule has 0 spiro atoms. The van der Waals surface area contributed by atoms with E-state index in [2.05, 4.69) is 35.6 Å². The first kappa shape index (κ1) is 15.2. The van der Waals surface area contributed by atoms with E-state index in [1.54, 1.807) is 0 Å². The third kappa shape index (κ3) is 3.56. The van der Waals surface area contributed by atoms with Crippen molar-refractivity contribution < 1.29 is 4.74 Å². The molecule has 2 unspecified atom stereocenters. The normalized spacial score (nSPS) is 16.5. The lowest BCUT2D eigenvalue weighted by molar-refractivity contribution is -0.0553. The molecule has 0 fully saturated rings. The van der Waals surface area contributed by atoms with Crippen LogP contribution in [0.4, 0.5) is 0 Å². The summed E-state index contributed by atoms with van der Waals surface area (Å²) in [5.74, 6) is 1.13. The van der Waals surface area contributed by atoms with Crippen LogP contribution < -0.4 is 5.32 Å². The topological polar surface area (TPSA) is 39.1 Å². The number of imidazole rings is 1. The van der Waals surface area contributed by atoms with Crippen molar-refractivity contribution in [2.75, 3.05) is 13.7 Å². The van der Waals surface area contributed by atoms with Crippen molar-refractivity contribution in [2.24, 2.45) is 7.05 Å². The summed E-state index contributed by atoms with van der Waals surface area (Å²) in [5, 5.41) is 3.40. The molecule has 1 aromatic rings. The Kier molecular flexibility index (Phi) is 5.82. The van der Waals surface area contributed by atoms with Crippen molar-refractivity contribution in [1.82, 2.24) is 14.9 Å². The van der Waals surface area contributed by atoms with E-state index in [-0.39, 0.29) is 5.60 Å². The number of nitrogens with zero attached hydrogens (tertiary/aromatic N) is 2. The first-order valence-corrected chi connectivity index (χ1v) is 6.84. The van der Waals surface area contributed by atoms with Crippen LogP contribution in [-0.2, 0) is 18.2 Å². The van der Waals surface area contributed by atoms with Gasteiger partial charge in [-0.1, -0.05) is 6.92 Å². The fraction of sp³-hybridized carbons (Fsp3) is 0.786. The fourth-order valence-electron chi connectivity index (χ4n) is 2.44. The number of nitrogens with one attached hydrogen (secondary N) is 1. The van der Waals surface area contributed by atoms with E-state index in [9.17, 15) is 0 Å². The highest BCUT2D eigenvalue weighted by molar-refractivity contribution is 4.95. The molecule has 0 saturated heterocycles. The van der Waals surface area contributed by atoms with E-state index in [0.717, 1.165) is 31.7 Å². The Morgan fingerprint density at radius 2 is 2.22 bits per heavy atom. The number of rotatable bonds is 8. The van der Waals surface area contributed by atoms with Crippen LogP contribution in [0.15, 0.2) is 12.4 Å². The van der Waals surface area contributed by atoms with Gasteiger partial charge in [0, 0.05) is 38.5 Å². The van der Waals surface area contributed by atoms with E-state index in [4.69, 9.17) is 4.74 Å². The van der Waals surface area contributed by atoms with Gasteiger partial charge in [-0.05, 0) is 33.7 Å². The van der Waals surface area contributed by atoms with E-state index < -0.39 is 0 Å². The minimum atomic E-state index is -0.103. The maximum atomic E-state index is 5.94. The molecular weight excluding hydrogens is 226 g/mol. The maximum Gasteiger partial charge on any atom is 0.108 e. The molecule has 0 aromatic carbocycles. The Morgan fingerprint density at radius 3 is 2.67 bits per heavy atom. The van der Waals surface area contributed by atoms with Gasteiger partial charge in [-0.2, -0.15) is 0 Å². The van der Waals surface area contributed by atoms with Gasteiger partial charge >= 0.3 is 0 Å². The molecule has 1 N–H and O–H groups in total. The minimum Gasteiger partial charge on any atom is -0.374 e. The van der Waals surface area contributed by atoms with Crippen molar-refractivity contribution >= 4 is 0 Å². The van der Waals surface area contributed by atoms with E-state index in [1.165, 1.54) is 0 Å². The van der Waals surface area contributed by atoms with Gasteiger partial charge in [0.25, 0.3) is 0 Å². The lowest BCUT2D eigenvalue weighted by Gasteiger charge is -2.36. The molecule has 1 rings (SSSR count). The smallest absolute Gasteiger partial charge is 0.108 e. The number of aromatic nitrogens is 2. The largest absolute Gasteiger partial charge is 0.374 e. The zero-order valence-electron chi connectivity index (χ0n) is 12.4. The molecule has 104 valence electrons. The van der Waals surface area contributed by atoms with Crippen molar-refractivity contribution in [3.05, 3.63) is 18.2 Å². The van der Waals surface area contributed by atoms with Crippen LogP contribution in [0.1, 0.15) is 39.4 Å². The summed E-state index contributed by atoms with van der Waals surface area (Å²) in [6.07, 6.45) is 6.85. The molecule has 0 aliphatic carbocycles. The molecule has 0 aliphatic heterocycles. The maximum absolute atomic E-state index is 5.94. The Labute approximate surface area is 111 Å². The van der Waals surface area contributed by atoms with Crippen molar-refractivity contribution in [2.45, 2.75) is 51.7 Å². The van der Waals surface area contributed by atoms with Gasteiger partial charge < -0.3 is 14.6 Å². The number of hydrogen-bond acceptors (Lipinski definition) is 3. The van der Waals surface area contributed by atoms with Crippen LogP contribution in [0.5, 0.6) is 0 Å². The third-order valence-corrected chi connectivity index (χ3v) is 3.84. The highest BCUT2D eigenvalue weighted by Crippen LogP contribution is 2.23. The molecule has 1 aromatic heterocycles. The zero-order valence-corrected chi connectivity index (χ0v) is 12.4. The van der Waals surface area contributed by atoms with Gasteiger partial charge in [0.1, 0.15) is 5.82 Å². The Hall–Kier alpha value is -0.870. The predicted octanol–water partition coefficient (Wildman–Crippen LogP) is 2.15. The number of likely N-dealkylation sites (N-methyl/N-ethyl adjacent to an activating group) is 1. The summed E-state index contributed by atoms with van der Waals surface area (Å²) in [5.41, 5.74) is -0.103. The lowest BCUT2D eigenvalue weighted by atomic mass is 9.89. The second kappa shape index (κ2) is 6.90. The molecule has 0 saturated carbocycles. The highest BCUT2D eigenvalue weighted by atomic mass is 16.5. The molecule has 0 amide bonds. The summed E-state index contributed by atoms with van der Waals surface area (Å²) in [6.45, 7) is 7.18. The SMILES string of the molecule is CCOC(C)(CC)C(CCc1nccn1C)NC. The van der Waals surface area contributed by atoms with Crippen molar-refractivity contribution in [1.29, 1.82) is 0 Å².